The van der Waals surface area contributed by atoms with Crippen LogP contribution in [0.2, 0.25) is 5.02 Å². The summed E-state index contributed by atoms with van der Waals surface area (Å²) in [6.07, 6.45) is 3.63. The molecule has 0 spiro atoms. The monoisotopic (exact) mass is 369 g/mol. The molecule has 0 radical (unpaired) electrons. The zero-order valence-corrected chi connectivity index (χ0v) is 14.8. The predicted molar refractivity (Wildman–Crippen MR) is 101 cm³/mol. The third kappa shape index (κ3) is 2.75. The summed E-state index contributed by atoms with van der Waals surface area (Å²) >= 11 is 11.9. The Balaban J connectivity index is 1.90. The molecule has 25 heavy (non-hydrogen) atoms. The molecule has 0 fully saturated rings. The van der Waals surface area contributed by atoms with Gasteiger partial charge in [-0.1, -0.05) is 36.0 Å². The van der Waals surface area contributed by atoms with Crippen LogP contribution in [0.4, 0.5) is 4.39 Å². The standard InChI is InChI=1S/C19H13ClFN3S/c1-11-14(3-2-4-16(11)20)15-9-22-19-23-17(10-24(19)18(15)25)12-5-7-13(21)8-6-12/h2-10H,1H3,(H,22,23). The van der Waals surface area contributed by atoms with E-state index in [-0.39, 0.29) is 5.82 Å². The minimum Gasteiger partial charge on any atom is -0.323 e. The van der Waals surface area contributed by atoms with Gasteiger partial charge in [0.1, 0.15) is 10.5 Å². The molecule has 124 valence electrons. The molecule has 0 saturated carbocycles. The number of aromatic amines is 1. The fraction of sp³-hybridized carbons (Fsp3) is 0.0526. The number of halogens is 2. The Bertz CT molecular complexity index is 1150. The van der Waals surface area contributed by atoms with Crippen molar-refractivity contribution < 1.29 is 4.39 Å². The number of fused-ring (bicyclic) bond motifs is 1. The summed E-state index contributed by atoms with van der Waals surface area (Å²) in [5.41, 5.74) is 4.45. The Morgan fingerprint density at radius 2 is 1.88 bits per heavy atom. The fourth-order valence-corrected chi connectivity index (χ4v) is 3.30. The lowest BCUT2D eigenvalue weighted by Gasteiger charge is -2.08. The summed E-state index contributed by atoms with van der Waals surface area (Å²) in [7, 11) is 0. The van der Waals surface area contributed by atoms with Gasteiger partial charge in [-0.05, 0) is 53.9 Å². The first-order valence-electron chi connectivity index (χ1n) is 7.66. The van der Waals surface area contributed by atoms with E-state index < -0.39 is 0 Å². The van der Waals surface area contributed by atoms with Crippen molar-refractivity contribution in [2.75, 3.05) is 0 Å². The molecule has 4 aromatic rings. The smallest absolute Gasteiger partial charge is 0.212 e. The number of imidazole rings is 1. The second-order valence-electron chi connectivity index (χ2n) is 5.76. The number of rotatable bonds is 2. The zero-order chi connectivity index (χ0) is 17.6. The van der Waals surface area contributed by atoms with E-state index in [0.717, 1.165) is 27.9 Å². The van der Waals surface area contributed by atoms with Crippen LogP contribution in [0.25, 0.3) is 28.2 Å². The van der Waals surface area contributed by atoms with Gasteiger partial charge in [-0.15, -0.1) is 0 Å². The molecule has 0 bridgehead atoms. The molecule has 0 aliphatic rings. The maximum atomic E-state index is 13.1. The van der Waals surface area contributed by atoms with Crippen LogP contribution in [-0.4, -0.2) is 14.4 Å². The van der Waals surface area contributed by atoms with Gasteiger partial charge in [-0.3, -0.25) is 4.40 Å². The maximum Gasteiger partial charge on any atom is 0.212 e. The van der Waals surface area contributed by atoms with Gasteiger partial charge in [0, 0.05) is 23.0 Å². The lowest BCUT2D eigenvalue weighted by Crippen LogP contribution is -1.94. The number of hydrogen-bond donors (Lipinski definition) is 1. The molecule has 0 saturated heterocycles. The third-order valence-corrected chi connectivity index (χ3v) is 5.04. The molecule has 6 heteroatoms. The molecule has 4 rings (SSSR count). The van der Waals surface area contributed by atoms with Gasteiger partial charge in [0.2, 0.25) is 5.78 Å². The van der Waals surface area contributed by atoms with Crippen LogP contribution in [-0.2, 0) is 0 Å². The van der Waals surface area contributed by atoms with E-state index >= 15 is 0 Å². The van der Waals surface area contributed by atoms with E-state index in [1.165, 1.54) is 12.1 Å². The molecule has 0 atom stereocenters. The Hall–Kier alpha value is -2.50. The highest BCUT2D eigenvalue weighted by Crippen LogP contribution is 2.29. The van der Waals surface area contributed by atoms with Gasteiger partial charge in [0.05, 0.1) is 5.69 Å². The summed E-state index contributed by atoms with van der Waals surface area (Å²) in [5, 5.41) is 0.693. The van der Waals surface area contributed by atoms with Crippen molar-refractivity contribution in [1.82, 2.24) is 14.4 Å². The number of nitrogens with one attached hydrogen (secondary N) is 1. The SMILES string of the molecule is Cc1c(Cl)cccc1-c1cnc2[nH]c(-c3ccc(F)cc3)cn2c1=S. The molecule has 2 heterocycles. The van der Waals surface area contributed by atoms with E-state index in [0.29, 0.717) is 15.4 Å². The molecule has 1 N–H and O–H groups in total. The highest BCUT2D eigenvalue weighted by atomic mass is 35.5. The highest BCUT2D eigenvalue weighted by Gasteiger charge is 2.11. The maximum absolute atomic E-state index is 13.1. The van der Waals surface area contributed by atoms with Gasteiger partial charge in [-0.25, -0.2) is 9.37 Å². The van der Waals surface area contributed by atoms with Gasteiger partial charge in [-0.2, -0.15) is 0 Å². The summed E-state index contributed by atoms with van der Waals surface area (Å²) in [6, 6.07) is 12.0. The Morgan fingerprint density at radius 3 is 2.64 bits per heavy atom. The first-order chi connectivity index (χ1) is 12.0. The number of H-pyrrole nitrogens is 1. The molecule has 0 unspecified atom stereocenters. The molecule has 0 aliphatic carbocycles. The largest absolute Gasteiger partial charge is 0.323 e. The van der Waals surface area contributed by atoms with Crippen LogP contribution in [0.15, 0.2) is 54.9 Å². The second kappa shape index (κ2) is 6.10. The first kappa shape index (κ1) is 16.0. The minimum absolute atomic E-state index is 0.270. The fourth-order valence-electron chi connectivity index (χ4n) is 2.82. The third-order valence-electron chi connectivity index (χ3n) is 4.21. The molecular formula is C19H13ClFN3S. The van der Waals surface area contributed by atoms with E-state index in [4.69, 9.17) is 23.8 Å². The summed E-state index contributed by atoms with van der Waals surface area (Å²) < 4.78 is 15.6. The second-order valence-corrected chi connectivity index (χ2v) is 6.55. The molecule has 0 aliphatic heterocycles. The van der Waals surface area contributed by atoms with E-state index in [9.17, 15) is 4.39 Å². The molecule has 0 amide bonds. The average molecular weight is 370 g/mol. The van der Waals surface area contributed by atoms with Crippen molar-refractivity contribution in [2.24, 2.45) is 0 Å². The van der Waals surface area contributed by atoms with Crippen molar-refractivity contribution >= 4 is 29.6 Å². The van der Waals surface area contributed by atoms with Crippen LogP contribution in [0.1, 0.15) is 5.56 Å². The van der Waals surface area contributed by atoms with Gasteiger partial charge in [0.25, 0.3) is 0 Å². The number of benzene rings is 2. The van der Waals surface area contributed by atoms with Crippen LogP contribution >= 0.6 is 23.8 Å². The zero-order valence-electron chi connectivity index (χ0n) is 13.3. The lowest BCUT2D eigenvalue weighted by atomic mass is 10.0. The normalized spacial score (nSPS) is 11.2. The quantitative estimate of drug-likeness (QED) is 0.451. The van der Waals surface area contributed by atoms with Crippen LogP contribution in [0.5, 0.6) is 0 Å². The topological polar surface area (TPSA) is 33.1 Å². The van der Waals surface area contributed by atoms with Crippen molar-refractivity contribution in [3.05, 3.63) is 75.9 Å². The van der Waals surface area contributed by atoms with Crippen molar-refractivity contribution in [1.29, 1.82) is 0 Å². The summed E-state index contributed by atoms with van der Waals surface area (Å²) in [6.45, 7) is 1.96. The molecule has 2 aromatic heterocycles. The van der Waals surface area contributed by atoms with Crippen LogP contribution < -0.4 is 0 Å². The Kier molecular flexibility index (Phi) is 3.90. The van der Waals surface area contributed by atoms with Gasteiger partial charge >= 0.3 is 0 Å². The predicted octanol–water partition coefficient (Wildman–Crippen LogP) is 5.83. The number of hydrogen-bond acceptors (Lipinski definition) is 2. The van der Waals surface area contributed by atoms with E-state index in [1.54, 1.807) is 18.3 Å². The van der Waals surface area contributed by atoms with E-state index in [1.807, 2.05) is 35.7 Å². The van der Waals surface area contributed by atoms with E-state index in [2.05, 4.69) is 9.97 Å². The van der Waals surface area contributed by atoms with Gasteiger partial charge < -0.3 is 4.98 Å². The average Bonchev–Trinajstić information content (AvgIpc) is 3.04. The summed E-state index contributed by atoms with van der Waals surface area (Å²) in [5.74, 6) is 0.362. The molecule has 3 nitrogen and oxygen atoms in total. The van der Waals surface area contributed by atoms with Crippen molar-refractivity contribution in [3.8, 4) is 22.4 Å². The highest BCUT2D eigenvalue weighted by molar-refractivity contribution is 7.71. The lowest BCUT2D eigenvalue weighted by molar-refractivity contribution is 0.628. The molecule has 2 aromatic carbocycles. The van der Waals surface area contributed by atoms with Crippen LogP contribution in [0, 0.1) is 17.4 Å². The minimum atomic E-state index is -0.270. The Labute approximate surface area is 153 Å². The number of aromatic nitrogens is 3. The van der Waals surface area contributed by atoms with Gasteiger partial charge in [0.15, 0.2) is 0 Å². The summed E-state index contributed by atoms with van der Waals surface area (Å²) in [4.78, 5) is 7.69. The Morgan fingerprint density at radius 1 is 1.12 bits per heavy atom. The van der Waals surface area contributed by atoms with Crippen molar-refractivity contribution in [3.63, 3.8) is 0 Å². The molecular weight excluding hydrogens is 357 g/mol. The number of nitrogens with zero attached hydrogens (tertiary/aromatic N) is 2. The van der Waals surface area contributed by atoms with Crippen molar-refractivity contribution in [2.45, 2.75) is 6.92 Å². The van der Waals surface area contributed by atoms with Crippen LogP contribution in [0.3, 0.4) is 0 Å². The first-order valence-corrected chi connectivity index (χ1v) is 8.45.